The lowest BCUT2D eigenvalue weighted by Crippen LogP contribution is -2.33. The van der Waals surface area contributed by atoms with Gasteiger partial charge >= 0.3 is 0 Å². The molecule has 2 fully saturated rings. The van der Waals surface area contributed by atoms with E-state index >= 15 is 0 Å². The summed E-state index contributed by atoms with van der Waals surface area (Å²) in [6.07, 6.45) is 5.01. The molecule has 0 bridgehead atoms. The van der Waals surface area contributed by atoms with Crippen LogP contribution in [-0.4, -0.2) is 35.8 Å². The third-order valence-corrected chi connectivity index (χ3v) is 5.75. The molecule has 2 aromatic rings. The molecule has 2 atom stereocenters. The second-order valence-electron chi connectivity index (χ2n) is 7.55. The van der Waals surface area contributed by atoms with Crippen molar-refractivity contribution < 1.29 is 14.6 Å². The van der Waals surface area contributed by atoms with E-state index in [1.165, 1.54) is 0 Å². The molecule has 1 amide bonds. The standard InChI is InChI=1S/C20H26N2O3/c1-13-11-15(13)19(23)21-8-5-14-12-22-17-4-2-3-16(18(14)17)20(24)6-9-25-10-7-20/h2-4,12-13,15,22,24H,5-11H2,1H3,(H,21,23)/t13-,15-/m0/s1. The number of aliphatic hydroxyl groups is 1. The highest BCUT2D eigenvalue weighted by atomic mass is 16.5. The summed E-state index contributed by atoms with van der Waals surface area (Å²) < 4.78 is 5.42. The molecular weight excluding hydrogens is 316 g/mol. The molecule has 1 saturated heterocycles. The zero-order chi connectivity index (χ0) is 17.4. The molecule has 4 rings (SSSR count). The smallest absolute Gasteiger partial charge is 0.223 e. The number of carbonyl (C=O) groups excluding carboxylic acids is 1. The first-order valence-electron chi connectivity index (χ1n) is 9.26. The number of benzene rings is 1. The van der Waals surface area contributed by atoms with Crippen LogP contribution < -0.4 is 5.32 Å². The van der Waals surface area contributed by atoms with Crippen LogP contribution in [0, 0.1) is 11.8 Å². The molecule has 2 heterocycles. The summed E-state index contributed by atoms with van der Waals surface area (Å²) in [7, 11) is 0. The SMILES string of the molecule is C[C@H]1C[C@@H]1C(=O)NCCc1c[nH]c2cccc(C3(O)CCOCC3)c12. The second kappa shape index (κ2) is 6.46. The Hall–Kier alpha value is -1.85. The lowest BCUT2D eigenvalue weighted by molar-refractivity contribution is -0.122. The summed E-state index contributed by atoms with van der Waals surface area (Å²) in [5.41, 5.74) is 2.33. The van der Waals surface area contributed by atoms with Gasteiger partial charge in [-0.3, -0.25) is 4.79 Å². The van der Waals surface area contributed by atoms with Gasteiger partial charge in [-0.25, -0.2) is 0 Å². The van der Waals surface area contributed by atoms with Gasteiger partial charge in [0.25, 0.3) is 0 Å². The molecule has 25 heavy (non-hydrogen) atoms. The van der Waals surface area contributed by atoms with Crippen LogP contribution in [0.3, 0.4) is 0 Å². The number of rotatable bonds is 5. The first-order chi connectivity index (χ1) is 12.1. The van der Waals surface area contributed by atoms with Crippen molar-refractivity contribution in [3.8, 4) is 0 Å². The predicted octanol–water partition coefficient (Wildman–Crippen LogP) is 2.48. The quantitative estimate of drug-likeness (QED) is 0.781. The molecule has 1 saturated carbocycles. The van der Waals surface area contributed by atoms with Crippen LogP contribution in [0.1, 0.15) is 37.3 Å². The van der Waals surface area contributed by atoms with E-state index < -0.39 is 5.60 Å². The summed E-state index contributed by atoms with van der Waals surface area (Å²) in [4.78, 5) is 15.3. The molecule has 1 aromatic carbocycles. The predicted molar refractivity (Wildman–Crippen MR) is 96.2 cm³/mol. The van der Waals surface area contributed by atoms with Gasteiger partial charge in [-0.05, 0) is 36.0 Å². The van der Waals surface area contributed by atoms with Crippen molar-refractivity contribution in [3.05, 3.63) is 35.5 Å². The Morgan fingerprint density at radius 2 is 2.16 bits per heavy atom. The number of carbonyl (C=O) groups is 1. The minimum Gasteiger partial charge on any atom is -0.385 e. The number of amides is 1. The highest BCUT2D eigenvalue weighted by molar-refractivity contribution is 5.87. The first-order valence-corrected chi connectivity index (χ1v) is 9.26. The maximum absolute atomic E-state index is 12.0. The van der Waals surface area contributed by atoms with Crippen LogP contribution in [0.5, 0.6) is 0 Å². The zero-order valence-corrected chi connectivity index (χ0v) is 14.7. The van der Waals surface area contributed by atoms with E-state index in [4.69, 9.17) is 4.74 Å². The van der Waals surface area contributed by atoms with Crippen LogP contribution in [0.4, 0.5) is 0 Å². The summed E-state index contributed by atoms with van der Waals surface area (Å²) >= 11 is 0. The number of hydrogen-bond donors (Lipinski definition) is 3. The maximum atomic E-state index is 12.0. The van der Waals surface area contributed by atoms with Gasteiger partial charge in [-0.1, -0.05) is 19.1 Å². The number of nitrogens with one attached hydrogen (secondary N) is 2. The molecule has 2 aliphatic rings. The first kappa shape index (κ1) is 16.6. The fourth-order valence-corrected chi connectivity index (χ4v) is 3.96. The van der Waals surface area contributed by atoms with Gasteiger partial charge in [0.05, 0.1) is 5.60 Å². The van der Waals surface area contributed by atoms with Crippen LogP contribution in [-0.2, 0) is 21.6 Å². The van der Waals surface area contributed by atoms with Crippen molar-refractivity contribution in [1.82, 2.24) is 10.3 Å². The number of hydrogen-bond acceptors (Lipinski definition) is 3. The molecule has 0 unspecified atom stereocenters. The lowest BCUT2D eigenvalue weighted by Gasteiger charge is -2.33. The van der Waals surface area contributed by atoms with E-state index in [-0.39, 0.29) is 11.8 Å². The number of aromatic amines is 1. The third-order valence-electron chi connectivity index (χ3n) is 5.75. The van der Waals surface area contributed by atoms with Crippen LogP contribution >= 0.6 is 0 Å². The fourth-order valence-electron chi connectivity index (χ4n) is 3.96. The number of aromatic nitrogens is 1. The van der Waals surface area contributed by atoms with Crippen LogP contribution in [0.25, 0.3) is 10.9 Å². The summed E-state index contributed by atoms with van der Waals surface area (Å²) in [6.45, 7) is 3.92. The van der Waals surface area contributed by atoms with E-state index in [9.17, 15) is 9.90 Å². The molecule has 5 nitrogen and oxygen atoms in total. The van der Waals surface area contributed by atoms with Crippen molar-refractivity contribution in [2.75, 3.05) is 19.8 Å². The number of H-pyrrole nitrogens is 1. The largest absolute Gasteiger partial charge is 0.385 e. The van der Waals surface area contributed by atoms with E-state index in [1.54, 1.807) is 0 Å². The van der Waals surface area contributed by atoms with Crippen molar-refractivity contribution in [3.63, 3.8) is 0 Å². The lowest BCUT2D eigenvalue weighted by atomic mass is 9.83. The Morgan fingerprint density at radius 3 is 2.88 bits per heavy atom. The fraction of sp³-hybridized carbons (Fsp3) is 0.550. The Kier molecular flexibility index (Phi) is 4.29. The van der Waals surface area contributed by atoms with Gasteiger partial charge in [0.2, 0.25) is 5.91 Å². The van der Waals surface area contributed by atoms with Crippen molar-refractivity contribution in [2.45, 2.75) is 38.2 Å². The summed E-state index contributed by atoms with van der Waals surface area (Å²) in [5.74, 6) is 0.916. The normalized spacial score (nSPS) is 25.0. The monoisotopic (exact) mass is 342 g/mol. The molecule has 5 heteroatoms. The minimum absolute atomic E-state index is 0.177. The van der Waals surface area contributed by atoms with Crippen LogP contribution in [0.15, 0.2) is 24.4 Å². The average molecular weight is 342 g/mol. The van der Waals surface area contributed by atoms with Crippen molar-refractivity contribution >= 4 is 16.8 Å². The molecule has 3 N–H and O–H groups in total. The number of ether oxygens (including phenoxy) is 1. The maximum Gasteiger partial charge on any atom is 0.223 e. The number of fused-ring (bicyclic) bond motifs is 1. The van der Waals surface area contributed by atoms with E-state index in [0.717, 1.165) is 34.9 Å². The van der Waals surface area contributed by atoms with Crippen molar-refractivity contribution in [1.29, 1.82) is 0 Å². The average Bonchev–Trinajstić information content (AvgIpc) is 3.21. The highest BCUT2D eigenvalue weighted by Crippen LogP contribution is 2.38. The summed E-state index contributed by atoms with van der Waals surface area (Å²) in [5, 5.41) is 15.3. The van der Waals surface area contributed by atoms with Crippen LogP contribution in [0.2, 0.25) is 0 Å². The summed E-state index contributed by atoms with van der Waals surface area (Å²) in [6, 6.07) is 6.05. The van der Waals surface area contributed by atoms with E-state index in [0.29, 0.717) is 38.5 Å². The van der Waals surface area contributed by atoms with Gasteiger partial charge in [-0.2, -0.15) is 0 Å². The van der Waals surface area contributed by atoms with Gasteiger partial charge in [0.15, 0.2) is 0 Å². The van der Waals surface area contributed by atoms with E-state index in [1.807, 2.05) is 24.4 Å². The van der Waals surface area contributed by atoms with Gasteiger partial charge < -0.3 is 20.1 Å². The molecular formula is C20H26N2O3. The van der Waals surface area contributed by atoms with Gasteiger partial charge in [0.1, 0.15) is 0 Å². The molecule has 1 aliphatic heterocycles. The topological polar surface area (TPSA) is 74.4 Å². The van der Waals surface area contributed by atoms with Gasteiger partial charge in [-0.15, -0.1) is 0 Å². The Morgan fingerprint density at radius 1 is 1.40 bits per heavy atom. The Balaban J connectivity index is 1.54. The molecule has 134 valence electrons. The molecule has 0 spiro atoms. The molecule has 1 aliphatic carbocycles. The zero-order valence-electron chi connectivity index (χ0n) is 14.7. The minimum atomic E-state index is -0.832. The highest BCUT2D eigenvalue weighted by Gasteiger charge is 2.38. The molecule has 0 radical (unpaired) electrons. The second-order valence-corrected chi connectivity index (χ2v) is 7.55. The van der Waals surface area contributed by atoms with Crippen molar-refractivity contribution in [2.24, 2.45) is 11.8 Å². The Labute approximate surface area is 147 Å². The third kappa shape index (κ3) is 3.18. The molecule has 1 aromatic heterocycles. The van der Waals surface area contributed by atoms with Gasteiger partial charge in [0, 0.05) is 55.6 Å². The Bertz CT molecular complexity index is 776. The van der Waals surface area contributed by atoms with E-state index in [2.05, 4.69) is 17.2 Å².